The number of rotatable bonds is 4. The largest absolute Gasteiger partial charge is 0.463 e. The first-order valence-corrected chi connectivity index (χ1v) is 10.0. The fraction of sp³-hybridized carbons (Fsp3) is 0.125. The molecule has 2 heterocycles. The second kappa shape index (κ2) is 8.50. The van der Waals surface area contributed by atoms with E-state index >= 15 is 0 Å². The monoisotopic (exact) mass is 431 g/mol. The topological polar surface area (TPSA) is 98.2 Å². The Morgan fingerprint density at radius 3 is 2.65 bits per heavy atom. The molecule has 0 saturated carbocycles. The molecule has 1 aliphatic heterocycles. The van der Waals surface area contributed by atoms with Gasteiger partial charge in [0.05, 0.1) is 23.6 Å². The van der Waals surface area contributed by atoms with Gasteiger partial charge in [0.25, 0.3) is 0 Å². The third-order valence-electron chi connectivity index (χ3n) is 4.97. The van der Waals surface area contributed by atoms with E-state index in [0.717, 1.165) is 5.39 Å². The first-order valence-electron chi connectivity index (χ1n) is 9.64. The van der Waals surface area contributed by atoms with Crippen LogP contribution in [0.3, 0.4) is 0 Å². The van der Waals surface area contributed by atoms with Crippen molar-refractivity contribution in [1.82, 2.24) is 4.98 Å². The number of allylic oxidation sites excluding steroid dienone is 1. The fourth-order valence-electron chi connectivity index (χ4n) is 3.60. The Bertz CT molecular complexity index is 1280. The molecular formula is C24H18ClN3O3. The average molecular weight is 432 g/mol. The highest BCUT2D eigenvalue weighted by molar-refractivity contribution is 6.31. The minimum absolute atomic E-state index is 0.0710. The van der Waals surface area contributed by atoms with Gasteiger partial charge in [0.1, 0.15) is 22.6 Å². The number of ether oxygens (including phenoxy) is 2. The maximum absolute atomic E-state index is 13.1. The van der Waals surface area contributed by atoms with Crippen molar-refractivity contribution in [3.63, 3.8) is 0 Å². The number of hydrogen-bond acceptors (Lipinski definition) is 6. The van der Waals surface area contributed by atoms with Crippen LogP contribution in [0.2, 0.25) is 5.15 Å². The third kappa shape index (κ3) is 3.72. The smallest absolute Gasteiger partial charge is 0.338 e. The number of nitriles is 1. The molecular weight excluding hydrogens is 414 g/mol. The summed E-state index contributed by atoms with van der Waals surface area (Å²) in [6.07, 6.45) is 0. The van der Waals surface area contributed by atoms with E-state index in [-0.39, 0.29) is 34.5 Å². The summed E-state index contributed by atoms with van der Waals surface area (Å²) in [6, 6.07) is 20.4. The highest BCUT2D eigenvalue weighted by atomic mass is 35.5. The number of nitrogens with two attached hydrogens (primary N) is 1. The van der Waals surface area contributed by atoms with E-state index in [1.54, 1.807) is 19.1 Å². The number of nitrogens with zero attached hydrogens (tertiary/aromatic N) is 2. The predicted molar refractivity (Wildman–Crippen MR) is 117 cm³/mol. The van der Waals surface area contributed by atoms with Gasteiger partial charge in [-0.2, -0.15) is 5.26 Å². The first kappa shape index (κ1) is 20.5. The lowest BCUT2D eigenvalue weighted by Gasteiger charge is -2.28. The van der Waals surface area contributed by atoms with Gasteiger partial charge < -0.3 is 15.2 Å². The van der Waals surface area contributed by atoms with Crippen molar-refractivity contribution < 1.29 is 14.3 Å². The molecule has 2 N–H and O–H groups in total. The van der Waals surface area contributed by atoms with Crippen LogP contribution in [0.1, 0.15) is 24.0 Å². The third-order valence-corrected chi connectivity index (χ3v) is 5.27. The molecule has 1 unspecified atom stereocenters. The molecule has 31 heavy (non-hydrogen) atoms. The SMILES string of the molecule is CCOC(=O)C1=C(c2ccccc2)OC(N)=C(C#N)C1c1cc2ccccc2nc1Cl. The molecule has 3 aromatic rings. The van der Waals surface area contributed by atoms with E-state index in [0.29, 0.717) is 16.6 Å². The van der Waals surface area contributed by atoms with Crippen LogP contribution in [0.5, 0.6) is 0 Å². The number of esters is 1. The lowest BCUT2D eigenvalue weighted by molar-refractivity contribution is -0.138. The van der Waals surface area contributed by atoms with Gasteiger partial charge in [-0.1, -0.05) is 60.1 Å². The molecule has 0 bridgehead atoms. The Morgan fingerprint density at radius 2 is 1.94 bits per heavy atom. The van der Waals surface area contributed by atoms with Crippen molar-refractivity contribution >= 4 is 34.2 Å². The molecule has 6 nitrogen and oxygen atoms in total. The average Bonchev–Trinajstić information content (AvgIpc) is 2.78. The Balaban J connectivity index is 2.03. The number of benzene rings is 2. The van der Waals surface area contributed by atoms with Crippen LogP contribution in [0, 0.1) is 11.3 Å². The molecule has 1 aromatic heterocycles. The van der Waals surface area contributed by atoms with Gasteiger partial charge in [-0.05, 0) is 19.1 Å². The van der Waals surface area contributed by atoms with Crippen LogP contribution < -0.4 is 5.73 Å². The van der Waals surface area contributed by atoms with Crippen LogP contribution >= 0.6 is 11.6 Å². The number of carbonyl (C=O) groups is 1. The molecule has 2 aromatic carbocycles. The molecule has 7 heteroatoms. The molecule has 0 radical (unpaired) electrons. The fourth-order valence-corrected chi connectivity index (χ4v) is 3.86. The zero-order valence-electron chi connectivity index (χ0n) is 16.6. The van der Waals surface area contributed by atoms with Gasteiger partial charge in [-0.3, -0.25) is 0 Å². The Kier molecular flexibility index (Phi) is 5.61. The van der Waals surface area contributed by atoms with Crippen molar-refractivity contribution in [3.05, 3.63) is 94.0 Å². The van der Waals surface area contributed by atoms with Crippen LogP contribution in [0.25, 0.3) is 16.7 Å². The number of para-hydroxylation sites is 1. The minimum Gasteiger partial charge on any atom is -0.463 e. The molecule has 0 fully saturated rings. The molecule has 1 aliphatic rings. The molecule has 0 amide bonds. The summed E-state index contributed by atoms with van der Waals surface area (Å²) >= 11 is 6.55. The van der Waals surface area contributed by atoms with Crippen molar-refractivity contribution in [1.29, 1.82) is 5.26 Å². The minimum atomic E-state index is -0.891. The Labute approximate surface area is 184 Å². The number of hydrogen-bond donors (Lipinski definition) is 1. The van der Waals surface area contributed by atoms with E-state index in [1.165, 1.54) is 0 Å². The Morgan fingerprint density at radius 1 is 1.23 bits per heavy atom. The van der Waals surface area contributed by atoms with E-state index < -0.39 is 11.9 Å². The summed E-state index contributed by atoms with van der Waals surface area (Å²) in [5.41, 5.74) is 8.15. The standard InChI is InChI=1S/C24H18ClN3O3/c1-2-30-24(29)20-19(16-12-15-10-6-7-11-18(15)28-22(16)25)17(13-26)23(27)31-21(20)14-8-4-3-5-9-14/h3-12,19H,2,27H2,1H3. The highest BCUT2D eigenvalue weighted by Crippen LogP contribution is 2.45. The Hall–Kier alpha value is -3.82. The zero-order valence-corrected chi connectivity index (χ0v) is 17.4. The maximum Gasteiger partial charge on any atom is 0.338 e. The van der Waals surface area contributed by atoms with Crippen LogP contribution in [0.15, 0.2) is 77.7 Å². The lowest BCUT2D eigenvalue weighted by Crippen LogP contribution is -2.26. The molecule has 0 aliphatic carbocycles. The highest BCUT2D eigenvalue weighted by Gasteiger charge is 2.39. The summed E-state index contributed by atoms with van der Waals surface area (Å²) in [5.74, 6) is -1.37. The van der Waals surface area contributed by atoms with E-state index in [1.807, 2.05) is 48.5 Å². The van der Waals surface area contributed by atoms with E-state index in [4.69, 9.17) is 26.8 Å². The number of carbonyl (C=O) groups excluding carboxylic acids is 1. The van der Waals surface area contributed by atoms with Crippen LogP contribution in [-0.2, 0) is 14.3 Å². The number of fused-ring (bicyclic) bond motifs is 1. The van der Waals surface area contributed by atoms with E-state index in [9.17, 15) is 10.1 Å². The van der Waals surface area contributed by atoms with Crippen molar-refractivity contribution in [3.8, 4) is 6.07 Å². The number of pyridine rings is 1. The van der Waals surface area contributed by atoms with Gasteiger partial charge in [0.2, 0.25) is 5.88 Å². The maximum atomic E-state index is 13.1. The quantitative estimate of drug-likeness (QED) is 0.476. The molecule has 0 spiro atoms. The number of halogens is 1. The van der Waals surface area contributed by atoms with Gasteiger partial charge in [-0.25, -0.2) is 9.78 Å². The number of aromatic nitrogens is 1. The van der Waals surface area contributed by atoms with Crippen molar-refractivity contribution in [2.24, 2.45) is 5.73 Å². The van der Waals surface area contributed by atoms with Crippen LogP contribution in [0.4, 0.5) is 0 Å². The van der Waals surface area contributed by atoms with Gasteiger partial charge >= 0.3 is 5.97 Å². The second-order valence-corrected chi connectivity index (χ2v) is 7.17. The molecule has 1 atom stereocenters. The summed E-state index contributed by atoms with van der Waals surface area (Å²) in [4.78, 5) is 17.6. The van der Waals surface area contributed by atoms with Gasteiger partial charge in [0.15, 0.2) is 0 Å². The predicted octanol–water partition coefficient (Wildman–Crippen LogP) is 4.67. The normalized spacial score (nSPS) is 16.1. The summed E-state index contributed by atoms with van der Waals surface area (Å²) in [5, 5.41) is 10.9. The van der Waals surface area contributed by atoms with Crippen molar-refractivity contribution in [2.75, 3.05) is 6.61 Å². The van der Waals surface area contributed by atoms with Gasteiger partial charge in [0, 0.05) is 16.5 Å². The van der Waals surface area contributed by atoms with E-state index in [2.05, 4.69) is 11.1 Å². The summed E-state index contributed by atoms with van der Waals surface area (Å²) in [6.45, 7) is 1.86. The van der Waals surface area contributed by atoms with Gasteiger partial charge in [-0.15, -0.1) is 0 Å². The molecule has 4 rings (SSSR count). The van der Waals surface area contributed by atoms with Crippen LogP contribution in [-0.4, -0.2) is 17.6 Å². The zero-order chi connectivity index (χ0) is 22.0. The molecule has 0 saturated heterocycles. The summed E-state index contributed by atoms with van der Waals surface area (Å²) in [7, 11) is 0. The lowest BCUT2D eigenvalue weighted by atomic mass is 9.82. The summed E-state index contributed by atoms with van der Waals surface area (Å²) < 4.78 is 11.1. The molecule has 154 valence electrons. The van der Waals surface area contributed by atoms with Crippen molar-refractivity contribution in [2.45, 2.75) is 12.8 Å². The first-order chi connectivity index (χ1) is 15.0. The second-order valence-electron chi connectivity index (χ2n) is 6.82.